The highest BCUT2D eigenvalue weighted by atomic mass is 16.6. The highest BCUT2D eigenvalue weighted by Gasteiger charge is 2.27. The molecule has 0 spiro atoms. The minimum absolute atomic E-state index is 0.229. The number of amides is 1. The zero-order chi connectivity index (χ0) is 28.3. The summed E-state index contributed by atoms with van der Waals surface area (Å²) in [6, 6.07) is 19.4. The molecule has 2 aromatic carbocycles. The Hall–Kier alpha value is -3.83. The number of nitriles is 1. The van der Waals surface area contributed by atoms with Gasteiger partial charge in [0.05, 0.1) is 11.1 Å². The third-order valence-electron chi connectivity index (χ3n) is 7.70. The molecule has 0 bridgehead atoms. The van der Waals surface area contributed by atoms with Crippen LogP contribution >= 0.6 is 0 Å². The highest BCUT2D eigenvalue weighted by molar-refractivity contribution is 5.95. The molecular formula is C32H40N6O2. The number of piperidine rings is 1. The second kappa shape index (κ2) is 11.7. The average Bonchev–Trinajstić information content (AvgIpc) is 2.94. The van der Waals surface area contributed by atoms with Gasteiger partial charge in [-0.05, 0) is 75.1 Å². The summed E-state index contributed by atoms with van der Waals surface area (Å²) in [6.45, 7) is 13.7. The number of ether oxygens (including phenoxy) is 1. The van der Waals surface area contributed by atoms with Gasteiger partial charge in [0.1, 0.15) is 11.7 Å². The molecule has 1 N–H and O–H groups in total. The maximum Gasteiger partial charge on any atom is 0.410 e. The molecule has 1 aromatic heterocycles. The van der Waals surface area contributed by atoms with E-state index in [2.05, 4.69) is 69.5 Å². The number of nitrogens with one attached hydrogen (secondary N) is 1. The lowest BCUT2D eigenvalue weighted by Crippen LogP contribution is -2.50. The fraction of sp³-hybridized carbons (Fsp3) is 0.469. The third-order valence-corrected chi connectivity index (χ3v) is 7.70. The van der Waals surface area contributed by atoms with Crippen molar-refractivity contribution in [1.29, 1.82) is 5.26 Å². The Balaban J connectivity index is 1.16. The van der Waals surface area contributed by atoms with E-state index < -0.39 is 5.60 Å². The predicted octanol–water partition coefficient (Wildman–Crippen LogP) is 5.17. The molecule has 3 aromatic rings. The molecule has 0 saturated carbocycles. The molecule has 0 radical (unpaired) electrons. The fourth-order valence-corrected chi connectivity index (χ4v) is 5.78. The number of benzene rings is 2. The Kier molecular flexibility index (Phi) is 8.13. The zero-order valence-corrected chi connectivity index (χ0v) is 24.1. The Morgan fingerprint density at radius 2 is 1.80 bits per heavy atom. The maximum atomic E-state index is 12.4. The van der Waals surface area contributed by atoms with Crippen molar-refractivity contribution >= 4 is 28.4 Å². The number of carbonyl (C=O) groups is 1. The molecular weight excluding hydrogens is 500 g/mol. The molecule has 0 unspecified atom stereocenters. The van der Waals surface area contributed by atoms with Gasteiger partial charge in [0.15, 0.2) is 0 Å². The summed E-state index contributed by atoms with van der Waals surface area (Å²) in [5.41, 5.74) is 4.52. The van der Waals surface area contributed by atoms with Crippen LogP contribution in [0.3, 0.4) is 0 Å². The number of hydrogen-bond acceptors (Lipinski definition) is 7. The van der Waals surface area contributed by atoms with Crippen molar-refractivity contribution in [1.82, 2.24) is 15.2 Å². The molecule has 8 heteroatoms. The first-order valence-corrected chi connectivity index (χ1v) is 14.3. The number of carbonyl (C=O) groups excluding carboxylic acids is 1. The lowest BCUT2D eigenvalue weighted by molar-refractivity contribution is 0.0240. The van der Waals surface area contributed by atoms with E-state index in [0.717, 1.165) is 55.7 Å². The molecule has 40 heavy (non-hydrogen) atoms. The Labute approximate surface area is 237 Å². The van der Waals surface area contributed by atoms with E-state index in [0.29, 0.717) is 30.6 Å². The summed E-state index contributed by atoms with van der Waals surface area (Å²) in [6.07, 6.45) is 2.65. The minimum Gasteiger partial charge on any atom is -0.444 e. The zero-order valence-electron chi connectivity index (χ0n) is 24.1. The molecule has 210 valence electrons. The van der Waals surface area contributed by atoms with E-state index in [1.54, 1.807) is 11.1 Å². The predicted molar refractivity (Wildman–Crippen MR) is 160 cm³/mol. The molecule has 3 heterocycles. The van der Waals surface area contributed by atoms with E-state index in [1.165, 1.54) is 11.3 Å². The van der Waals surface area contributed by atoms with Crippen molar-refractivity contribution in [2.24, 2.45) is 5.92 Å². The summed E-state index contributed by atoms with van der Waals surface area (Å²) in [5.74, 6) is 0.551. The quantitative estimate of drug-likeness (QED) is 0.478. The number of anilines is 2. The summed E-state index contributed by atoms with van der Waals surface area (Å²) in [5, 5.41) is 14.4. The normalized spacial score (nSPS) is 19.9. The van der Waals surface area contributed by atoms with Crippen LogP contribution in [-0.2, 0) is 11.3 Å². The summed E-state index contributed by atoms with van der Waals surface area (Å²) >= 11 is 0. The van der Waals surface area contributed by atoms with Crippen molar-refractivity contribution in [2.45, 2.75) is 52.3 Å². The number of rotatable bonds is 5. The second-order valence-electron chi connectivity index (χ2n) is 12.1. The smallest absolute Gasteiger partial charge is 0.410 e. The first-order chi connectivity index (χ1) is 19.2. The highest BCUT2D eigenvalue weighted by Crippen LogP contribution is 2.31. The number of pyridine rings is 1. The van der Waals surface area contributed by atoms with Gasteiger partial charge in [0.25, 0.3) is 0 Å². The fourth-order valence-electron chi connectivity index (χ4n) is 5.78. The van der Waals surface area contributed by atoms with Gasteiger partial charge in [-0.2, -0.15) is 5.26 Å². The first kappa shape index (κ1) is 27.7. The van der Waals surface area contributed by atoms with Gasteiger partial charge in [0.2, 0.25) is 0 Å². The van der Waals surface area contributed by atoms with Crippen LogP contribution < -0.4 is 15.1 Å². The summed E-state index contributed by atoms with van der Waals surface area (Å²) in [4.78, 5) is 23.4. The van der Waals surface area contributed by atoms with Gasteiger partial charge in [-0.25, -0.2) is 4.79 Å². The summed E-state index contributed by atoms with van der Waals surface area (Å²) < 4.78 is 5.52. The van der Waals surface area contributed by atoms with Gasteiger partial charge in [-0.15, -0.1) is 0 Å². The Bertz CT molecular complexity index is 1370. The molecule has 2 fully saturated rings. The molecule has 2 aliphatic rings. The minimum atomic E-state index is -0.471. The van der Waals surface area contributed by atoms with E-state index in [9.17, 15) is 10.1 Å². The van der Waals surface area contributed by atoms with Crippen LogP contribution in [0.2, 0.25) is 0 Å². The van der Waals surface area contributed by atoms with E-state index in [-0.39, 0.29) is 6.09 Å². The van der Waals surface area contributed by atoms with Crippen molar-refractivity contribution in [2.75, 3.05) is 49.1 Å². The number of hydrogen-bond donors (Lipinski definition) is 1. The largest absolute Gasteiger partial charge is 0.444 e. The molecule has 0 aliphatic carbocycles. The molecule has 2 atom stereocenters. The van der Waals surface area contributed by atoms with E-state index >= 15 is 0 Å². The van der Waals surface area contributed by atoms with Crippen LogP contribution in [0.25, 0.3) is 10.9 Å². The van der Waals surface area contributed by atoms with Crippen LogP contribution in [0.5, 0.6) is 0 Å². The number of piperazine rings is 1. The van der Waals surface area contributed by atoms with Gasteiger partial charge in [-0.3, -0.25) is 4.98 Å². The Morgan fingerprint density at radius 1 is 1.05 bits per heavy atom. The van der Waals surface area contributed by atoms with Crippen molar-refractivity contribution in [3.63, 3.8) is 0 Å². The number of nitrogens with zero attached hydrogens (tertiary/aromatic N) is 5. The standard InChI is InChI=1S/C32H40N6O2/c1-23-18-26(22-38(21-23)29-12-9-25(19-33)30-28(29)6-5-13-34-30)35-20-24-7-10-27(11-8-24)36-14-16-37(17-15-36)31(39)40-32(2,3)4/h5-13,23,26,35H,14-18,20-22H2,1-4H3/t23-,26+/m0/s1. The van der Waals surface area contributed by atoms with Crippen molar-refractivity contribution < 1.29 is 9.53 Å². The molecule has 8 nitrogen and oxygen atoms in total. The molecule has 1 amide bonds. The van der Waals surface area contributed by atoms with Crippen LogP contribution in [0, 0.1) is 17.2 Å². The topological polar surface area (TPSA) is 84.7 Å². The van der Waals surface area contributed by atoms with Gasteiger partial charge in [-0.1, -0.05) is 19.1 Å². The number of aromatic nitrogens is 1. The third kappa shape index (κ3) is 6.48. The lowest BCUT2D eigenvalue weighted by Gasteiger charge is -2.39. The van der Waals surface area contributed by atoms with E-state index in [4.69, 9.17) is 4.74 Å². The monoisotopic (exact) mass is 540 g/mol. The Morgan fingerprint density at radius 3 is 2.50 bits per heavy atom. The van der Waals surface area contributed by atoms with Crippen LogP contribution in [0.4, 0.5) is 16.2 Å². The number of fused-ring (bicyclic) bond motifs is 1. The SMILES string of the molecule is C[C@H]1C[C@@H](NCc2ccc(N3CCN(C(=O)OC(C)(C)C)CC3)cc2)CN(c2ccc(C#N)c3ncccc23)C1. The van der Waals surface area contributed by atoms with Gasteiger partial charge < -0.3 is 24.8 Å². The molecule has 5 rings (SSSR count). The lowest BCUT2D eigenvalue weighted by atomic mass is 9.94. The van der Waals surface area contributed by atoms with Crippen molar-refractivity contribution in [3.05, 3.63) is 65.9 Å². The van der Waals surface area contributed by atoms with Crippen molar-refractivity contribution in [3.8, 4) is 6.07 Å². The van der Waals surface area contributed by atoms with Crippen LogP contribution in [0.1, 0.15) is 45.2 Å². The van der Waals surface area contributed by atoms with Crippen LogP contribution in [0.15, 0.2) is 54.7 Å². The van der Waals surface area contributed by atoms with E-state index in [1.807, 2.05) is 32.9 Å². The van der Waals surface area contributed by atoms with Gasteiger partial charge in [0, 0.05) is 74.8 Å². The summed E-state index contributed by atoms with van der Waals surface area (Å²) in [7, 11) is 0. The first-order valence-electron chi connectivity index (χ1n) is 14.3. The second-order valence-corrected chi connectivity index (χ2v) is 12.1. The van der Waals surface area contributed by atoms with Crippen LogP contribution in [-0.4, -0.2) is 66.9 Å². The van der Waals surface area contributed by atoms with Gasteiger partial charge >= 0.3 is 6.09 Å². The maximum absolute atomic E-state index is 12.4. The molecule has 2 aliphatic heterocycles. The molecule has 2 saturated heterocycles. The average molecular weight is 541 g/mol.